The Hall–Kier alpha value is -2.72. The van der Waals surface area contributed by atoms with E-state index < -0.39 is 71.2 Å². The summed E-state index contributed by atoms with van der Waals surface area (Å²) in [6.45, 7) is 2.38. The molecular weight excluding hydrogens is 369 g/mol. The number of rotatable bonds is 6. The molecule has 1 N–H and O–H groups in total. The number of carbonyl (C=O) groups is 3. The molecule has 0 spiro atoms. The number of ether oxygens (including phenoxy) is 2. The van der Waals surface area contributed by atoms with E-state index in [1.807, 2.05) is 0 Å². The van der Waals surface area contributed by atoms with Crippen LogP contribution in [0, 0.1) is 29.1 Å². The first kappa shape index (κ1) is 21.3. The molecule has 1 aromatic carbocycles. The summed E-state index contributed by atoms with van der Waals surface area (Å²) in [6, 6.07) is 0. The van der Waals surface area contributed by atoms with Crippen LogP contribution in [0.2, 0.25) is 0 Å². The van der Waals surface area contributed by atoms with E-state index in [9.17, 15) is 36.3 Å². The van der Waals surface area contributed by atoms with Crippen molar-refractivity contribution < 1.29 is 45.8 Å². The van der Waals surface area contributed by atoms with Crippen LogP contribution in [-0.2, 0) is 29.4 Å². The van der Waals surface area contributed by atoms with Crippen molar-refractivity contribution in [1.29, 1.82) is 0 Å². The lowest BCUT2D eigenvalue weighted by Gasteiger charge is -2.30. The number of carbonyl (C=O) groups excluding carboxylic acids is 3. The van der Waals surface area contributed by atoms with Gasteiger partial charge in [0.1, 0.15) is 0 Å². The number of nitrogens with one attached hydrogen (secondary N) is 1. The van der Waals surface area contributed by atoms with Crippen LogP contribution in [0.15, 0.2) is 0 Å². The van der Waals surface area contributed by atoms with Crippen molar-refractivity contribution in [3.63, 3.8) is 0 Å². The van der Waals surface area contributed by atoms with Crippen LogP contribution in [0.4, 0.5) is 22.0 Å². The summed E-state index contributed by atoms with van der Waals surface area (Å²) >= 11 is 0. The van der Waals surface area contributed by atoms with Crippen molar-refractivity contribution in [1.82, 2.24) is 5.32 Å². The molecule has 0 saturated heterocycles. The topological polar surface area (TPSA) is 81.7 Å². The molecule has 0 atom stereocenters. The van der Waals surface area contributed by atoms with Gasteiger partial charge in [-0.3, -0.25) is 4.79 Å². The van der Waals surface area contributed by atoms with E-state index in [1.165, 1.54) is 13.8 Å². The molecule has 1 rings (SSSR count). The SMILES string of the molecule is CCOC(=O)C(NC(C)=O)(C(=O)OCC)c1c(F)c(F)c(F)c(F)c1F. The second-order valence-corrected chi connectivity index (χ2v) is 4.82. The Morgan fingerprint density at radius 1 is 0.808 bits per heavy atom. The van der Waals surface area contributed by atoms with Crippen LogP contribution in [0.5, 0.6) is 0 Å². The van der Waals surface area contributed by atoms with E-state index in [-0.39, 0.29) is 0 Å². The minimum Gasteiger partial charge on any atom is -0.464 e. The molecule has 0 heterocycles. The minimum atomic E-state index is -3.43. The lowest BCUT2D eigenvalue weighted by Crippen LogP contribution is -2.59. The lowest BCUT2D eigenvalue weighted by atomic mass is 9.87. The van der Waals surface area contributed by atoms with Crippen molar-refractivity contribution in [2.45, 2.75) is 26.3 Å². The maximum absolute atomic E-state index is 14.3. The molecule has 0 aliphatic heterocycles. The van der Waals surface area contributed by atoms with Crippen LogP contribution in [0.1, 0.15) is 26.3 Å². The highest BCUT2D eigenvalue weighted by atomic mass is 19.2. The van der Waals surface area contributed by atoms with E-state index in [2.05, 4.69) is 9.47 Å². The molecule has 0 aromatic heterocycles. The Bertz CT molecular complexity index is 705. The largest absolute Gasteiger partial charge is 0.464 e. The molecule has 0 saturated carbocycles. The zero-order valence-electron chi connectivity index (χ0n) is 13.8. The van der Waals surface area contributed by atoms with Gasteiger partial charge in [0, 0.05) is 6.92 Å². The predicted octanol–water partition coefficient (Wildman–Crippen LogP) is 1.84. The van der Waals surface area contributed by atoms with Gasteiger partial charge in [-0.15, -0.1) is 0 Å². The Morgan fingerprint density at radius 2 is 1.15 bits per heavy atom. The van der Waals surface area contributed by atoms with Crippen molar-refractivity contribution >= 4 is 17.8 Å². The van der Waals surface area contributed by atoms with Gasteiger partial charge >= 0.3 is 11.9 Å². The van der Waals surface area contributed by atoms with Gasteiger partial charge in [-0.1, -0.05) is 0 Å². The molecule has 0 aliphatic carbocycles. The molecule has 0 radical (unpaired) electrons. The summed E-state index contributed by atoms with van der Waals surface area (Å²) in [5.41, 5.74) is -5.33. The summed E-state index contributed by atoms with van der Waals surface area (Å²) < 4.78 is 78.1. The van der Waals surface area contributed by atoms with Gasteiger partial charge < -0.3 is 14.8 Å². The van der Waals surface area contributed by atoms with Gasteiger partial charge in [0.05, 0.1) is 18.8 Å². The summed E-state index contributed by atoms with van der Waals surface area (Å²) in [7, 11) is 0. The van der Waals surface area contributed by atoms with Gasteiger partial charge in [0.15, 0.2) is 23.3 Å². The van der Waals surface area contributed by atoms with Crippen LogP contribution in [0.25, 0.3) is 0 Å². The average molecular weight is 383 g/mol. The Balaban J connectivity index is 3.99. The van der Waals surface area contributed by atoms with Gasteiger partial charge in [-0.2, -0.15) is 0 Å². The molecule has 144 valence electrons. The Labute approximate surface area is 144 Å². The van der Waals surface area contributed by atoms with Crippen molar-refractivity contribution in [3.05, 3.63) is 34.6 Å². The van der Waals surface area contributed by atoms with E-state index in [4.69, 9.17) is 0 Å². The average Bonchev–Trinajstić information content (AvgIpc) is 2.57. The van der Waals surface area contributed by atoms with E-state index in [1.54, 1.807) is 5.32 Å². The third-order valence-corrected chi connectivity index (χ3v) is 3.11. The molecule has 0 aliphatic rings. The zero-order chi connectivity index (χ0) is 20.2. The molecule has 0 fully saturated rings. The second kappa shape index (κ2) is 8.11. The Kier molecular flexibility index (Phi) is 6.65. The first-order valence-electron chi connectivity index (χ1n) is 7.21. The summed E-state index contributed by atoms with van der Waals surface area (Å²) in [5.74, 6) is -17.1. The van der Waals surface area contributed by atoms with Crippen LogP contribution in [-0.4, -0.2) is 31.1 Å². The van der Waals surface area contributed by atoms with Crippen LogP contribution in [0.3, 0.4) is 0 Å². The van der Waals surface area contributed by atoms with E-state index in [0.29, 0.717) is 0 Å². The second-order valence-electron chi connectivity index (χ2n) is 4.82. The fourth-order valence-electron chi connectivity index (χ4n) is 2.13. The van der Waals surface area contributed by atoms with Gasteiger partial charge in [-0.05, 0) is 13.8 Å². The summed E-state index contributed by atoms with van der Waals surface area (Å²) in [6.07, 6.45) is 0. The fourth-order valence-corrected chi connectivity index (χ4v) is 2.13. The van der Waals surface area contributed by atoms with E-state index in [0.717, 1.165) is 6.92 Å². The summed E-state index contributed by atoms with van der Waals surface area (Å²) in [5, 5.41) is 1.61. The third-order valence-electron chi connectivity index (χ3n) is 3.11. The number of halogens is 5. The summed E-state index contributed by atoms with van der Waals surface area (Å²) in [4.78, 5) is 36.1. The first-order chi connectivity index (χ1) is 12.1. The highest BCUT2D eigenvalue weighted by Gasteiger charge is 2.56. The minimum absolute atomic E-state index is 0.436. The fraction of sp³-hybridized carbons (Fsp3) is 0.400. The van der Waals surface area contributed by atoms with Crippen LogP contribution < -0.4 is 5.32 Å². The predicted molar refractivity (Wildman–Crippen MR) is 75.0 cm³/mol. The Morgan fingerprint density at radius 3 is 1.46 bits per heavy atom. The smallest absolute Gasteiger partial charge is 0.348 e. The first-order valence-corrected chi connectivity index (χ1v) is 7.21. The van der Waals surface area contributed by atoms with Gasteiger partial charge in [0.25, 0.3) is 5.54 Å². The van der Waals surface area contributed by atoms with E-state index >= 15 is 0 Å². The van der Waals surface area contributed by atoms with Crippen molar-refractivity contribution in [3.8, 4) is 0 Å². The molecule has 11 heteroatoms. The molecule has 0 unspecified atom stereocenters. The number of benzene rings is 1. The highest BCUT2D eigenvalue weighted by Crippen LogP contribution is 2.34. The molecular formula is C15H14F5NO5. The highest BCUT2D eigenvalue weighted by molar-refractivity contribution is 6.08. The normalized spacial score (nSPS) is 11.1. The number of hydrogen-bond acceptors (Lipinski definition) is 5. The number of amides is 1. The number of hydrogen-bond donors (Lipinski definition) is 1. The van der Waals surface area contributed by atoms with Gasteiger partial charge in [0.2, 0.25) is 11.7 Å². The maximum atomic E-state index is 14.3. The molecule has 1 aromatic rings. The van der Waals surface area contributed by atoms with Crippen molar-refractivity contribution in [2.24, 2.45) is 0 Å². The maximum Gasteiger partial charge on any atom is 0.348 e. The van der Waals surface area contributed by atoms with Crippen molar-refractivity contribution in [2.75, 3.05) is 13.2 Å². The van der Waals surface area contributed by atoms with Gasteiger partial charge in [-0.25, -0.2) is 31.5 Å². The standard InChI is InChI=1S/C15H14F5NO5/c1-4-25-13(23)15(21-6(3)22,14(24)26-5-2)7-8(16)10(18)12(20)11(19)9(7)17/h4-5H2,1-3H3,(H,21,22). The van der Waals surface area contributed by atoms with Crippen LogP contribution >= 0.6 is 0 Å². The molecule has 0 bridgehead atoms. The molecule has 6 nitrogen and oxygen atoms in total. The molecule has 26 heavy (non-hydrogen) atoms. The third kappa shape index (κ3) is 3.46. The zero-order valence-corrected chi connectivity index (χ0v) is 13.8. The molecule has 1 amide bonds. The monoisotopic (exact) mass is 383 g/mol. The number of esters is 2. The lowest BCUT2D eigenvalue weighted by molar-refractivity contribution is -0.169. The quantitative estimate of drug-likeness (QED) is 0.267.